The van der Waals surface area contributed by atoms with Crippen molar-refractivity contribution in [3.63, 3.8) is 0 Å². The molecule has 158 valence electrons. The molecule has 0 bridgehead atoms. The van der Waals surface area contributed by atoms with Gasteiger partial charge in [0.05, 0.1) is 0 Å². The Balaban J connectivity index is 1.38. The van der Waals surface area contributed by atoms with Gasteiger partial charge in [-0.25, -0.2) is 4.68 Å². The summed E-state index contributed by atoms with van der Waals surface area (Å²) in [5.74, 6) is 0.268. The minimum absolute atomic E-state index is 0.256. The fourth-order valence-corrected chi connectivity index (χ4v) is 3.24. The summed E-state index contributed by atoms with van der Waals surface area (Å²) in [5.41, 5.74) is 3.06. The summed E-state index contributed by atoms with van der Waals surface area (Å²) in [6.07, 6.45) is 1.71. The van der Waals surface area contributed by atoms with Crippen LogP contribution in [0.3, 0.4) is 0 Å². The molecule has 9 nitrogen and oxygen atoms in total. The van der Waals surface area contributed by atoms with Crippen molar-refractivity contribution in [1.29, 1.82) is 0 Å². The minimum atomic E-state index is -0.272. The van der Waals surface area contributed by atoms with Gasteiger partial charge in [0.1, 0.15) is 0 Å². The lowest BCUT2D eigenvalue weighted by Crippen LogP contribution is -2.21. The first-order valence-corrected chi connectivity index (χ1v) is 10.2. The SMILES string of the molecule is CCN(CC)c1ccc(NC(=O)c2ccn(Cn3nnc(-c4ccccc4)n3)n2)cc1. The lowest BCUT2D eigenvalue weighted by Gasteiger charge is -2.21. The van der Waals surface area contributed by atoms with E-state index in [1.165, 1.54) is 4.80 Å². The topological polar surface area (TPSA) is 93.8 Å². The van der Waals surface area contributed by atoms with Gasteiger partial charge in [0, 0.05) is 36.2 Å². The van der Waals surface area contributed by atoms with E-state index < -0.39 is 0 Å². The molecular weight excluding hydrogens is 392 g/mol. The van der Waals surface area contributed by atoms with Crippen molar-refractivity contribution >= 4 is 17.3 Å². The third-order valence-electron chi connectivity index (χ3n) is 4.88. The molecule has 1 N–H and O–H groups in total. The van der Waals surface area contributed by atoms with Crippen molar-refractivity contribution in [1.82, 2.24) is 30.0 Å². The Hall–Kier alpha value is -4.01. The average Bonchev–Trinajstić information content (AvgIpc) is 3.47. The van der Waals surface area contributed by atoms with Crippen LogP contribution in [-0.2, 0) is 6.67 Å². The first-order valence-electron chi connectivity index (χ1n) is 10.2. The summed E-state index contributed by atoms with van der Waals surface area (Å²) in [4.78, 5) is 16.2. The summed E-state index contributed by atoms with van der Waals surface area (Å²) < 4.78 is 1.59. The molecule has 0 saturated carbocycles. The van der Waals surface area contributed by atoms with Gasteiger partial charge in [0.2, 0.25) is 5.82 Å². The molecule has 2 aromatic carbocycles. The molecule has 0 fully saturated rings. The van der Waals surface area contributed by atoms with Crippen LogP contribution in [0.1, 0.15) is 24.3 Å². The summed E-state index contributed by atoms with van der Waals surface area (Å²) in [6.45, 7) is 6.37. The first-order chi connectivity index (χ1) is 15.2. The van der Waals surface area contributed by atoms with Gasteiger partial charge in [0.15, 0.2) is 12.4 Å². The van der Waals surface area contributed by atoms with Gasteiger partial charge in [-0.2, -0.15) is 5.10 Å². The zero-order chi connectivity index (χ0) is 21.6. The largest absolute Gasteiger partial charge is 0.372 e. The van der Waals surface area contributed by atoms with Crippen LogP contribution in [-0.4, -0.2) is 49.0 Å². The highest BCUT2D eigenvalue weighted by Crippen LogP contribution is 2.18. The predicted octanol–water partition coefficient (Wildman–Crippen LogP) is 3.14. The van der Waals surface area contributed by atoms with Crippen molar-refractivity contribution in [3.8, 4) is 11.4 Å². The smallest absolute Gasteiger partial charge is 0.276 e. The Morgan fingerprint density at radius 2 is 1.71 bits per heavy atom. The number of amides is 1. The fourth-order valence-electron chi connectivity index (χ4n) is 3.24. The lowest BCUT2D eigenvalue weighted by atomic mass is 10.2. The lowest BCUT2D eigenvalue weighted by molar-refractivity contribution is 0.102. The van der Waals surface area contributed by atoms with Crippen LogP contribution in [0.5, 0.6) is 0 Å². The van der Waals surface area contributed by atoms with Crippen LogP contribution in [0.2, 0.25) is 0 Å². The molecule has 31 heavy (non-hydrogen) atoms. The second kappa shape index (κ2) is 9.21. The monoisotopic (exact) mass is 416 g/mol. The summed E-state index contributed by atoms with van der Waals surface area (Å²) in [5, 5.41) is 19.7. The van der Waals surface area contributed by atoms with E-state index in [2.05, 4.69) is 44.6 Å². The van der Waals surface area contributed by atoms with Gasteiger partial charge in [-0.05, 0) is 49.4 Å². The van der Waals surface area contributed by atoms with Gasteiger partial charge in [0.25, 0.3) is 5.91 Å². The Kier molecular flexibility index (Phi) is 6.02. The third-order valence-corrected chi connectivity index (χ3v) is 4.88. The quantitative estimate of drug-likeness (QED) is 0.474. The third kappa shape index (κ3) is 4.77. The highest BCUT2D eigenvalue weighted by molar-refractivity contribution is 6.02. The predicted molar refractivity (Wildman–Crippen MR) is 119 cm³/mol. The molecule has 0 spiro atoms. The molecule has 0 radical (unpaired) electrons. The molecule has 0 atom stereocenters. The second-order valence-corrected chi connectivity index (χ2v) is 6.91. The number of hydrogen-bond donors (Lipinski definition) is 1. The van der Waals surface area contributed by atoms with E-state index in [1.54, 1.807) is 16.9 Å². The maximum atomic E-state index is 12.6. The van der Waals surface area contributed by atoms with E-state index in [0.29, 0.717) is 11.5 Å². The number of rotatable bonds is 8. The number of hydrogen-bond acceptors (Lipinski definition) is 6. The minimum Gasteiger partial charge on any atom is -0.372 e. The zero-order valence-electron chi connectivity index (χ0n) is 17.5. The number of aromatic nitrogens is 6. The van der Waals surface area contributed by atoms with Crippen LogP contribution in [0.15, 0.2) is 66.9 Å². The number of carbonyl (C=O) groups is 1. The van der Waals surface area contributed by atoms with Gasteiger partial charge in [-0.3, -0.25) is 4.79 Å². The molecule has 0 aliphatic carbocycles. The van der Waals surface area contributed by atoms with Crippen LogP contribution in [0.25, 0.3) is 11.4 Å². The average molecular weight is 416 g/mol. The number of anilines is 2. The molecule has 2 aromatic heterocycles. The van der Waals surface area contributed by atoms with Crippen molar-refractivity contribution in [3.05, 3.63) is 72.6 Å². The molecule has 9 heteroatoms. The highest BCUT2D eigenvalue weighted by Gasteiger charge is 2.12. The number of benzene rings is 2. The van der Waals surface area contributed by atoms with Crippen molar-refractivity contribution in [2.45, 2.75) is 20.5 Å². The van der Waals surface area contributed by atoms with E-state index in [1.807, 2.05) is 54.6 Å². The molecule has 4 aromatic rings. The van der Waals surface area contributed by atoms with Crippen LogP contribution in [0.4, 0.5) is 11.4 Å². The normalized spacial score (nSPS) is 10.8. The van der Waals surface area contributed by atoms with Gasteiger partial charge in [-0.1, -0.05) is 30.3 Å². The standard InChI is InChI=1S/C22H24N8O/c1-3-28(4-2)19-12-10-18(11-13-19)23-22(31)20-14-15-29(25-20)16-30-26-21(24-27-30)17-8-6-5-7-9-17/h5-15H,3-4,16H2,1-2H3,(H,23,31). The van der Waals surface area contributed by atoms with E-state index in [0.717, 1.165) is 30.0 Å². The van der Waals surface area contributed by atoms with Gasteiger partial charge < -0.3 is 10.2 Å². The number of tetrazole rings is 1. The first kappa shape index (κ1) is 20.3. The Morgan fingerprint density at radius 1 is 0.968 bits per heavy atom. The van der Waals surface area contributed by atoms with Gasteiger partial charge in [-0.15, -0.1) is 15.0 Å². The molecule has 4 rings (SSSR count). The van der Waals surface area contributed by atoms with E-state index >= 15 is 0 Å². The van der Waals surface area contributed by atoms with Crippen molar-refractivity contribution in [2.24, 2.45) is 0 Å². The molecule has 1 amide bonds. The molecule has 0 saturated heterocycles. The van der Waals surface area contributed by atoms with Crippen molar-refractivity contribution < 1.29 is 4.79 Å². The summed E-state index contributed by atoms with van der Waals surface area (Å²) in [6, 6.07) is 19.1. The van der Waals surface area contributed by atoms with Crippen LogP contribution >= 0.6 is 0 Å². The fraction of sp³-hybridized carbons (Fsp3) is 0.227. The number of carbonyl (C=O) groups excluding carboxylic acids is 1. The van der Waals surface area contributed by atoms with Gasteiger partial charge >= 0.3 is 0 Å². The molecular formula is C22H24N8O. The molecule has 0 aliphatic rings. The van der Waals surface area contributed by atoms with E-state index in [-0.39, 0.29) is 12.6 Å². The Morgan fingerprint density at radius 3 is 2.42 bits per heavy atom. The molecule has 0 aliphatic heterocycles. The zero-order valence-corrected chi connectivity index (χ0v) is 17.5. The van der Waals surface area contributed by atoms with Crippen LogP contribution < -0.4 is 10.2 Å². The summed E-state index contributed by atoms with van der Waals surface area (Å²) >= 11 is 0. The van der Waals surface area contributed by atoms with E-state index in [4.69, 9.17) is 0 Å². The van der Waals surface area contributed by atoms with E-state index in [9.17, 15) is 4.79 Å². The maximum absolute atomic E-state index is 12.6. The maximum Gasteiger partial charge on any atom is 0.276 e. The highest BCUT2D eigenvalue weighted by atomic mass is 16.2. The van der Waals surface area contributed by atoms with Crippen LogP contribution in [0, 0.1) is 0 Å². The Labute approximate surface area is 180 Å². The number of nitrogens with zero attached hydrogens (tertiary/aromatic N) is 7. The molecule has 2 heterocycles. The number of nitrogens with one attached hydrogen (secondary N) is 1. The summed E-state index contributed by atoms with van der Waals surface area (Å²) in [7, 11) is 0. The molecule has 0 unspecified atom stereocenters. The van der Waals surface area contributed by atoms with Crippen molar-refractivity contribution in [2.75, 3.05) is 23.3 Å². The second-order valence-electron chi connectivity index (χ2n) is 6.91. The Bertz CT molecular complexity index is 1130.